The quantitative estimate of drug-likeness (QED) is 0.531. The number of nitro groups is 1. The molecule has 0 aromatic heterocycles. The molecule has 0 aliphatic carbocycles. The molecule has 0 radical (unpaired) electrons. The molecule has 0 aliphatic rings. The Morgan fingerprint density at radius 3 is 2.64 bits per heavy atom. The van der Waals surface area contributed by atoms with Gasteiger partial charge < -0.3 is 10.8 Å². The Hall–Kier alpha value is -1.95. The number of primary amides is 1. The van der Waals surface area contributed by atoms with Crippen LogP contribution in [0.25, 0.3) is 0 Å². The minimum atomic E-state index is -0.882. The number of aliphatic hydroxyl groups is 1. The SMILES string of the molecule is NC(=O)c1cc(CO)ccc1[N+](=O)[O-]. The number of aliphatic hydroxyl groups excluding tert-OH is 1. The fraction of sp³-hybridized carbons (Fsp3) is 0.125. The Morgan fingerprint density at radius 2 is 2.21 bits per heavy atom. The van der Waals surface area contributed by atoms with Gasteiger partial charge in [-0.3, -0.25) is 14.9 Å². The average molecular weight is 196 g/mol. The number of hydrogen-bond acceptors (Lipinski definition) is 4. The molecular weight excluding hydrogens is 188 g/mol. The van der Waals surface area contributed by atoms with Crippen molar-refractivity contribution in [2.24, 2.45) is 5.73 Å². The normalized spacial score (nSPS) is 9.79. The van der Waals surface area contributed by atoms with E-state index in [0.717, 1.165) is 6.07 Å². The van der Waals surface area contributed by atoms with Crippen molar-refractivity contribution in [1.82, 2.24) is 0 Å². The maximum atomic E-state index is 10.8. The summed E-state index contributed by atoms with van der Waals surface area (Å²) in [7, 11) is 0. The second-order valence-corrected chi connectivity index (χ2v) is 2.63. The number of benzene rings is 1. The van der Waals surface area contributed by atoms with Gasteiger partial charge in [-0.25, -0.2) is 0 Å². The van der Waals surface area contributed by atoms with E-state index in [2.05, 4.69) is 0 Å². The zero-order chi connectivity index (χ0) is 10.7. The minimum Gasteiger partial charge on any atom is -0.392 e. The van der Waals surface area contributed by atoms with Gasteiger partial charge >= 0.3 is 0 Å². The van der Waals surface area contributed by atoms with Crippen LogP contribution in [0.1, 0.15) is 15.9 Å². The molecule has 0 spiro atoms. The first-order valence-corrected chi connectivity index (χ1v) is 3.74. The van der Waals surface area contributed by atoms with Crippen LogP contribution in [0.3, 0.4) is 0 Å². The van der Waals surface area contributed by atoms with E-state index < -0.39 is 10.8 Å². The molecule has 0 unspecified atom stereocenters. The fourth-order valence-corrected chi connectivity index (χ4v) is 1.04. The molecule has 0 atom stereocenters. The lowest BCUT2D eigenvalue weighted by Gasteiger charge is -2.00. The topological polar surface area (TPSA) is 106 Å². The Labute approximate surface area is 79.1 Å². The standard InChI is InChI=1S/C8H8N2O4/c9-8(12)6-3-5(4-11)1-2-7(6)10(13)14/h1-3,11H,4H2,(H2,9,12). The van der Waals surface area contributed by atoms with Crippen LogP contribution in [0.4, 0.5) is 5.69 Å². The molecule has 6 heteroatoms. The number of amides is 1. The highest BCUT2D eigenvalue weighted by atomic mass is 16.6. The Morgan fingerprint density at radius 1 is 1.57 bits per heavy atom. The van der Waals surface area contributed by atoms with E-state index in [4.69, 9.17) is 10.8 Å². The molecule has 0 saturated carbocycles. The van der Waals surface area contributed by atoms with Crippen LogP contribution in [-0.2, 0) is 6.61 Å². The van der Waals surface area contributed by atoms with Gasteiger partial charge in [0.15, 0.2) is 0 Å². The predicted octanol–water partition coefficient (Wildman–Crippen LogP) is 0.186. The smallest absolute Gasteiger partial charge is 0.282 e. The molecule has 6 nitrogen and oxygen atoms in total. The lowest BCUT2D eigenvalue weighted by Crippen LogP contribution is -2.13. The largest absolute Gasteiger partial charge is 0.392 e. The molecule has 0 fully saturated rings. The number of rotatable bonds is 3. The van der Waals surface area contributed by atoms with Crippen LogP contribution >= 0.6 is 0 Å². The van der Waals surface area contributed by atoms with Crippen molar-refractivity contribution < 1.29 is 14.8 Å². The van der Waals surface area contributed by atoms with Crippen LogP contribution in [0.15, 0.2) is 18.2 Å². The Balaban J connectivity index is 3.31. The third kappa shape index (κ3) is 1.86. The number of nitro benzene ring substituents is 1. The highest BCUT2D eigenvalue weighted by Crippen LogP contribution is 2.19. The van der Waals surface area contributed by atoms with Crippen molar-refractivity contribution >= 4 is 11.6 Å². The lowest BCUT2D eigenvalue weighted by molar-refractivity contribution is -0.385. The van der Waals surface area contributed by atoms with Gasteiger partial charge in [-0.05, 0) is 17.7 Å². The maximum Gasteiger partial charge on any atom is 0.282 e. The Bertz CT molecular complexity index is 389. The summed E-state index contributed by atoms with van der Waals surface area (Å²) in [5.41, 5.74) is 4.81. The summed E-state index contributed by atoms with van der Waals surface area (Å²) in [6.07, 6.45) is 0. The third-order valence-corrected chi connectivity index (χ3v) is 1.71. The number of hydrogen-bond donors (Lipinski definition) is 2. The summed E-state index contributed by atoms with van der Waals surface area (Å²) in [5.74, 6) is -0.882. The van der Waals surface area contributed by atoms with E-state index in [0.29, 0.717) is 5.56 Å². The molecule has 0 heterocycles. The summed E-state index contributed by atoms with van der Waals surface area (Å²) < 4.78 is 0. The molecule has 1 rings (SSSR count). The van der Waals surface area contributed by atoms with Crippen molar-refractivity contribution in [3.8, 4) is 0 Å². The van der Waals surface area contributed by atoms with Crippen LogP contribution in [0, 0.1) is 10.1 Å². The van der Waals surface area contributed by atoms with Crippen LogP contribution in [0.5, 0.6) is 0 Å². The molecule has 1 amide bonds. The van der Waals surface area contributed by atoms with Crippen molar-refractivity contribution in [2.75, 3.05) is 0 Å². The van der Waals surface area contributed by atoms with Crippen molar-refractivity contribution in [3.05, 3.63) is 39.4 Å². The van der Waals surface area contributed by atoms with Gasteiger partial charge in [0.1, 0.15) is 5.56 Å². The summed E-state index contributed by atoms with van der Waals surface area (Å²) >= 11 is 0. The highest BCUT2D eigenvalue weighted by Gasteiger charge is 2.17. The summed E-state index contributed by atoms with van der Waals surface area (Å²) in [6, 6.07) is 3.72. The average Bonchev–Trinajstić information content (AvgIpc) is 2.16. The number of carbonyl (C=O) groups excluding carboxylic acids is 1. The van der Waals surface area contributed by atoms with Gasteiger partial charge in [0.05, 0.1) is 11.5 Å². The van der Waals surface area contributed by atoms with Gasteiger partial charge in [-0.2, -0.15) is 0 Å². The lowest BCUT2D eigenvalue weighted by atomic mass is 10.1. The van der Waals surface area contributed by atoms with E-state index in [1.807, 2.05) is 0 Å². The van der Waals surface area contributed by atoms with Crippen LogP contribution in [0.2, 0.25) is 0 Å². The number of nitrogens with two attached hydrogens (primary N) is 1. The molecule has 1 aromatic rings. The molecule has 0 bridgehead atoms. The highest BCUT2D eigenvalue weighted by molar-refractivity contribution is 5.97. The van der Waals surface area contributed by atoms with Crippen LogP contribution in [-0.4, -0.2) is 15.9 Å². The molecule has 1 aromatic carbocycles. The van der Waals surface area contributed by atoms with Crippen molar-refractivity contribution in [1.29, 1.82) is 0 Å². The molecule has 14 heavy (non-hydrogen) atoms. The van der Waals surface area contributed by atoms with E-state index in [9.17, 15) is 14.9 Å². The molecular formula is C8H8N2O4. The summed E-state index contributed by atoms with van der Waals surface area (Å²) in [6.45, 7) is -0.293. The van der Waals surface area contributed by atoms with Gasteiger partial charge in [0.25, 0.3) is 11.6 Å². The predicted molar refractivity (Wildman–Crippen MR) is 47.5 cm³/mol. The van der Waals surface area contributed by atoms with Gasteiger partial charge in [-0.1, -0.05) is 0 Å². The molecule has 3 N–H and O–H groups in total. The first kappa shape index (κ1) is 10.1. The zero-order valence-electron chi connectivity index (χ0n) is 7.14. The summed E-state index contributed by atoms with van der Waals surface area (Å²) in [4.78, 5) is 20.6. The first-order valence-electron chi connectivity index (χ1n) is 3.74. The number of nitrogens with zero attached hydrogens (tertiary/aromatic N) is 1. The fourth-order valence-electron chi connectivity index (χ4n) is 1.04. The van der Waals surface area contributed by atoms with E-state index in [-0.39, 0.29) is 17.9 Å². The van der Waals surface area contributed by atoms with Crippen LogP contribution < -0.4 is 5.73 Å². The van der Waals surface area contributed by atoms with Gasteiger partial charge in [0.2, 0.25) is 0 Å². The Kier molecular flexibility index (Phi) is 2.78. The zero-order valence-corrected chi connectivity index (χ0v) is 7.14. The van der Waals surface area contributed by atoms with Gasteiger partial charge in [-0.15, -0.1) is 0 Å². The van der Waals surface area contributed by atoms with E-state index >= 15 is 0 Å². The van der Waals surface area contributed by atoms with Crippen molar-refractivity contribution in [2.45, 2.75) is 6.61 Å². The maximum absolute atomic E-state index is 10.8. The van der Waals surface area contributed by atoms with Gasteiger partial charge in [0, 0.05) is 6.07 Å². The second-order valence-electron chi connectivity index (χ2n) is 2.63. The molecule has 0 aliphatic heterocycles. The minimum absolute atomic E-state index is 0.193. The van der Waals surface area contributed by atoms with Crippen molar-refractivity contribution in [3.63, 3.8) is 0 Å². The van der Waals surface area contributed by atoms with E-state index in [1.165, 1.54) is 12.1 Å². The first-order chi connectivity index (χ1) is 6.56. The monoisotopic (exact) mass is 196 g/mol. The van der Waals surface area contributed by atoms with E-state index in [1.54, 1.807) is 0 Å². The summed E-state index contributed by atoms with van der Waals surface area (Å²) in [5, 5.41) is 19.2. The third-order valence-electron chi connectivity index (χ3n) is 1.71. The number of carbonyl (C=O) groups is 1. The second kappa shape index (κ2) is 3.84. The molecule has 74 valence electrons. The molecule has 0 saturated heterocycles.